The molecule has 1 heterocycles. The summed E-state index contributed by atoms with van der Waals surface area (Å²) in [6.07, 6.45) is 0. The first-order chi connectivity index (χ1) is 10.2. The number of hydrogen-bond donors (Lipinski definition) is 1. The van der Waals surface area contributed by atoms with Crippen LogP contribution in [0.1, 0.15) is 15.9 Å². The summed E-state index contributed by atoms with van der Waals surface area (Å²) in [6.45, 7) is 1.97. The lowest BCUT2D eigenvalue weighted by atomic mass is 10.0. The molecule has 2 aromatic carbocycles. The van der Waals surface area contributed by atoms with E-state index in [9.17, 15) is 9.90 Å². The summed E-state index contributed by atoms with van der Waals surface area (Å²) in [6, 6.07) is 16.6. The number of hydrogen-bond acceptors (Lipinski definition) is 3. The van der Waals surface area contributed by atoms with Gasteiger partial charge < -0.3 is 9.63 Å². The van der Waals surface area contributed by atoms with Gasteiger partial charge in [-0.05, 0) is 6.92 Å². The van der Waals surface area contributed by atoms with Crippen LogP contribution in [0, 0.1) is 6.92 Å². The molecule has 0 amide bonds. The van der Waals surface area contributed by atoms with Crippen molar-refractivity contribution in [2.45, 2.75) is 6.92 Å². The van der Waals surface area contributed by atoms with Gasteiger partial charge in [0.2, 0.25) is 0 Å². The summed E-state index contributed by atoms with van der Waals surface area (Å²) in [5.74, 6) is -0.774. The van der Waals surface area contributed by atoms with E-state index >= 15 is 0 Å². The average Bonchev–Trinajstić information content (AvgIpc) is 2.94. The number of rotatable bonds is 3. The lowest BCUT2D eigenvalue weighted by Gasteiger charge is -2.00. The smallest absolute Gasteiger partial charge is 0.342 e. The summed E-state index contributed by atoms with van der Waals surface area (Å²) in [5, 5.41) is 13.5. The number of carbonyl (C=O) groups is 1. The Kier molecular flexibility index (Phi) is 3.28. The van der Waals surface area contributed by atoms with Crippen LogP contribution >= 0.6 is 0 Å². The minimum absolute atomic E-state index is 0.0880. The molecule has 0 bridgehead atoms. The standard InChI is InChI=1S/C17H13NO3/c1-11-7-9-12(10-8-11)15-14(17(19)20)16(21-18-15)13-5-3-2-4-6-13/h2-10H,1H3,(H,19,20). The predicted octanol–water partition coefficient (Wildman–Crippen LogP) is 4.02. The van der Waals surface area contributed by atoms with Crippen molar-refractivity contribution in [3.05, 3.63) is 65.7 Å². The molecule has 21 heavy (non-hydrogen) atoms. The van der Waals surface area contributed by atoms with E-state index in [2.05, 4.69) is 5.16 Å². The number of carboxylic acid groups (broad SMARTS) is 1. The van der Waals surface area contributed by atoms with Crippen molar-refractivity contribution in [1.29, 1.82) is 0 Å². The Balaban J connectivity index is 2.17. The summed E-state index contributed by atoms with van der Waals surface area (Å²) in [7, 11) is 0. The van der Waals surface area contributed by atoms with Crippen molar-refractivity contribution in [3.63, 3.8) is 0 Å². The highest BCUT2D eigenvalue weighted by Crippen LogP contribution is 2.32. The molecular formula is C17H13NO3. The molecular weight excluding hydrogens is 266 g/mol. The summed E-state index contributed by atoms with van der Waals surface area (Å²) >= 11 is 0. The van der Waals surface area contributed by atoms with Crippen LogP contribution in [0.2, 0.25) is 0 Å². The molecule has 3 rings (SSSR count). The third kappa shape index (κ3) is 2.43. The monoisotopic (exact) mass is 279 g/mol. The maximum atomic E-state index is 11.6. The van der Waals surface area contributed by atoms with Gasteiger partial charge in [-0.3, -0.25) is 0 Å². The predicted molar refractivity (Wildman–Crippen MR) is 79.1 cm³/mol. The zero-order chi connectivity index (χ0) is 14.8. The quantitative estimate of drug-likeness (QED) is 0.786. The molecule has 0 spiro atoms. The fraction of sp³-hybridized carbons (Fsp3) is 0.0588. The molecule has 0 aliphatic carbocycles. The van der Waals surface area contributed by atoms with Gasteiger partial charge in [-0.25, -0.2) is 4.79 Å². The van der Waals surface area contributed by atoms with E-state index in [0.717, 1.165) is 11.1 Å². The molecule has 1 N–H and O–H groups in total. The van der Waals surface area contributed by atoms with Gasteiger partial charge in [0.25, 0.3) is 0 Å². The van der Waals surface area contributed by atoms with Crippen LogP contribution in [0.5, 0.6) is 0 Å². The molecule has 0 unspecified atom stereocenters. The highest BCUT2D eigenvalue weighted by Gasteiger charge is 2.24. The molecule has 0 fully saturated rings. The molecule has 0 radical (unpaired) electrons. The molecule has 0 aliphatic heterocycles. The van der Waals surface area contributed by atoms with E-state index in [0.29, 0.717) is 11.3 Å². The first kappa shape index (κ1) is 13.1. The molecule has 0 atom stereocenters. The van der Waals surface area contributed by atoms with Crippen molar-refractivity contribution in [3.8, 4) is 22.6 Å². The fourth-order valence-electron chi connectivity index (χ4n) is 2.18. The number of aromatic carboxylic acids is 1. The molecule has 1 aromatic heterocycles. The fourth-order valence-corrected chi connectivity index (χ4v) is 2.18. The van der Waals surface area contributed by atoms with Crippen molar-refractivity contribution < 1.29 is 14.4 Å². The summed E-state index contributed by atoms with van der Waals surface area (Å²) in [5.41, 5.74) is 2.96. The molecule has 104 valence electrons. The molecule has 4 heteroatoms. The normalized spacial score (nSPS) is 10.5. The molecule has 0 saturated heterocycles. The lowest BCUT2D eigenvalue weighted by Crippen LogP contribution is -1.99. The molecule has 0 aliphatic rings. The van der Waals surface area contributed by atoms with Crippen LogP contribution < -0.4 is 0 Å². The highest BCUT2D eigenvalue weighted by molar-refractivity contribution is 6.00. The van der Waals surface area contributed by atoms with Crippen molar-refractivity contribution >= 4 is 5.97 Å². The van der Waals surface area contributed by atoms with E-state index in [1.165, 1.54) is 0 Å². The van der Waals surface area contributed by atoms with Crippen LogP contribution in [0.4, 0.5) is 0 Å². The third-order valence-corrected chi connectivity index (χ3v) is 3.27. The lowest BCUT2D eigenvalue weighted by molar-refractivity contribution is 0.0698. The van der Waals surface area contributed by atoms with Gasteiger partial charge in [-0.15, -0.1) is 0 Å². The zero-order valence-corrected chi connectivity index (χ0v) is 11.4. The summed E-state index contributed by atoms with van der Waals surface area (Å²) < 4.78 is 5.30. The highest BCUT2D eigenvalue weighted by atomic mass is 16.5. The number of benzene rings is 2. The van der Waals surface area contributed by atoms with Crippen LogP contribution in [0.15, 0.2) is 59.1 Å². The van der Waals surface area contributed by atoms with E-state index in [1.54, 1.807) is 12.1 Å². The Bertz CT molecular complexity index is 774. The van der Waals surface area contributed by atoms with E-state index in [4.69, 9.17) is 4.52 Å². The molecule has 3 aromatic rings. The van der Waals surface area contributed by atoms with Gasteiger partial charge in [0.05, 0.1) is 0 Å². The Morgan fingerprint density at radius 1 is 1.00 bits per heavy atom. The second kappa shape index (κ2) is 5.25. The van der Waals surface area contributed by atoms with Gasteiger partial charge in [-0.1, -0.05) is 65.3 Å². The van der Waals surface area contributed by atoms with Crippen molar-refractivity contribution in [2.24, 2.45) is 0 Å². The summed E-state index contributed by atoms with van der Waals surface area (Å²) in [4.78, 5) is 11.6. The largest absolute Gasteiger partial charge is 0.477 e. The van der Waals surface area contributed by atoms with Gasteiger partial charge >= 0.3 is 5.97 Å². The van der Waals surface area contributed by atoms with Gasteiger partial charge in [0, 0.05) is 11.1 Å². The minimum Gasteiger partial charge on any atom is -0.477 e. The second-order valence-corrected chi connectivity index (χ2v) is 4.77. The van der Waals surface area contributed by atoms with E-state index in [1.807, 2.05) is 49.4 Å². The number of carboxylic acids is 1. The first-order valence-electron chi connectivity index (χ1n) is 6.52. The topological polar surface area (TPSA) is 63.3 Å². The Hall–Kier alpha value is -2.88. The zero-order valence-electron chi connectivity index (χ0n) is 11.4. The first-order valence-corrected chi connectivity index (χ1v) is 6.52. The number of aromatic nitrogens is 1. The van der Waals surface area contributed by atoms with Crippen LogP contribution in [0.25, 0.3) is 22.6 Å². The van der Waals surface area contributed by atoms with Crippen LogP contribution in [0.3, 0.4) is 0 Å². The van der Waals surface area contributed by atoms with Gasteiger partial charge in [0.1, 0.15) is 11.3 Å². The van der Waals surface area contributed by atoms with Crippen molar-refractivity contribution in [1.82, 2.24) is 5.16 Å². The van der Waals surface area contributed by atoms with E-state index in [-0.39, 0.29) is 11.3 Å². The van der Waals surface area contributed by atoms with Gasteiger partial charge in [0.15, 0.2) is 5.76 Å². The van der Waals surface area contributed by atoms with Crippen molar-refractivity contribution in [2.75, 3.05) is 0 Å². The Labute approximate surface area is 121 Å². The van der Waals surface area contributed by atoms with Crippen LogP contribution in [-0.2, 0) is 0 Å². The Morgan fingerprint density at radius 2 is 1.67 bits per heavy atom. The van der Waals surface area contributed by atoms with Gasteiger partial charge in [-0.2, -0.15) is 0 Å². The molecule has 0 saturated carbocycles. The number of aryl methyl sites for hydroxylation is 1. The SMILES string of the molecule is Cc1ccc(-c2noc(-c3ccccc3)c2C(=O)O)cc1. The maximum Gasteiger partial charge on any atom is 0.342 e. The molecule has 4 nitrogen and oxygen atoms in total. The number of nitrogens with zero attached hydrogens (tertiary/aromatic N) is 1. The third-order valence-electron chi connectivity index (χ3n) is 3.27. The van der Waals surface area contributed by atoms with E-state index < -0.39 is 5.97 Å². The second-order valence-electron chi connectivity index (χ2n) is 4.77. The Morgan fingerprint density at radius 3 is 2.29 bits per heavy atom. The van der Waals surface area contributed by atoms with Crippen LogP contribution in [-0.4, -0.2) is 16.2 Å². The maximum absolute atomic E-state index is 11.6. The minimum atomic E-state index is -1.05. The average molecular weight is 279 g/mol.